The van der Waals surface area contributed by atoms with Crippen LogP contribution >= 0.6 is 0 Å². The van der Waals surface area contributed by atoms with Crippen LogP contribution in [0.1, 0.15) is 27.4 Å². The van der Waals surface area contributed by atoms with Gasteiger partial charge in [0, 0.05) is 23.6 Å². The molecule has 0 aliphatic heterocycles. The monoisotopic (exact) mass is 424 g/mol. The summed E-state index contributed by atoms with van der Waals surface area (Å²) in [6.07, 6.45) is -1.23. The van der Waals surface area contributed by atoms with E-state index in [1.165, 1.54) is 12.1 Å². The summed E-state index contributed by atoms with van der Waals surface area (Å²) >= 11 is 0. The second-order valence-corrected chi connectivity index (χ2v) is 6.58. The normalized spacial score (nSPS) is 11.3. The Balaban J connectivity index is 1.57. The molecule has 0 radical (unpaired) electrons. The quantitative estimate of drug-likeness (QED) is 0.488. The molecule has 9 heteroatoms. The zero-order valence-electron chi connectivity index (χ0n) is 15.9. The van der Waals surface area contributed by atoms with E-state index in [1.807, 2.05) is 0 Å². The Hall–Kier alpha value is -4.01. The van der Waals surface area contributed by atoms with Crippen molar-refractivity contribution in [2.24, 2.45) is 0 Å². The molecule has 6 nitrogen and oxygen atoms in total. The van der Waals surface area contributed by atoms with Crippen molar-refractivity contribution in [2.45, 2.75) is 12.6 Å². The Morgan fingerprint density at radius 1 is 1.00 bits per heavy atom. The summed E-state index contributed by atoms with van der Waals surface area (Å²) in [7, 11) is 0. The summed E-state index contributed by atoms with van der Waals surface area (Å²) in [6.45, 7) is 0. The predicted octanol–water partition coefficient (Wildman–Crippen LogP) is 4.99. The maximum absolute atomic E-state index is 13.2. The molecular formula is C22H15F3N4O2. The first kappa shape index (κ1) is 20.3. The van der Waals surface area contributed by atoms with Crippen molar-refractivity contribution in [2.75, 3.05) is 5.32 Å². The minimum Gasteiger partial charge on any atom is -0.339 e. The summed E-state index contributed by atoms with van der Waals surface area (Å²) in [5, 5.41) is 6.48. The molecule has 156 valence electrons. The molecule has 4 aromatic rings. The van der Waals surface area contributed by atoms with Crippen molar-refractivity contribution in [3.63, 3.8) is 0 Å². The SMILES string of the molecule is O=C(Nc1ccccc1Cc1nc(-c2cccnc2)no1)c1ccccc1C(F)(F)F. The molecule has 0 spiro atoms. The van der Waals surface area contributed by atoms with Crippen molar-refractivity contribution >= 4 is 11.6 Å². The number of aromatic nitrogens is 3. The van der Waals surface area contributed by atoms with Crippen LogP contribution in [0.25, 0.3) is 11.4 Å². The van der Waals surface area contributed by atoms with Crippen molar-refractivity contribution in [1.82, 2.24) is 15.1 Å². The lowest BCUT2D eigenvalue weighted by Crippen LogP contribution is -2.19. The third-order valence-corrected chi connectivity index (χ3v) is 4.47. The molecular weight excluding hydrogens is 409 g/mol. The van der Waals surface area contributed by atoms with E-state index >= 15 is 0 Å². The molecule has 4 rings (SSSR count). The molecule has 0 saturated carbocycles. The highest BCUT2D eigenvalue weighted by molar-refractivity contribution is 6.05. The third-order valence-electron chi connectivity index (χ3n) is 4.47. The largest absolute Gasteiger partial charge is 0.417 e. The van der Waals surface area contributed by atoms with E-state index < -0.39 is 23.2 Å². The summed E-state index contributed by atoms with van der Waals surface area (Å²) in [5.74, 6) is -0.207. The molecule has 2 aromatic carbocycles. The van der Waals surface area contributed by atoms with E-state index in [0.29, 0.717) is 22.6 Å². The van der Waals surface area contributed by atoms with Crippen LogP contribution in [0.5, 0.6) is 0 Å². The van der Waals surface area contributed by atoms with Crippen LogP contribution < -0.4 is 5.32 Å². The second-order valence-electron chi connectivity index (χ2n) is 6.58. The fourth-order valence-electron chi connectivity index (χ4n) is 3.02. The number of carbonyl (C=O) groups is 1. The lowest BCUT2D eigenvalue weighted by Gasteiger charge is -2.14. The molecule has 0 unspecified atom stereocenters. The number of carbonyl (C=O) groups excluding carboxylic acids is 1. The van der Waals surface area contributed by atoms with Gasteiger partial charge in [0.05, 0.1) is 17.5 Å². The van der Waals surface area contributed by atoms with Crippen molar-refractivity contribution in [3.05, 3.63) is 95.6 Å². The number of amides is 1. The number of para-hydroxylation sites is 1. The lowest BCUT2D eigenvalue weighted by molar-refractivity contribution is -0.137. The first-order valence-corrected chi connectivity index (χ1v) is 9.20. The van der Waals surface area contributed by atoms with Crippen LogP contribution in [0.2, 0.25) is 0 Å². The van der Waals surface area contributed by atoms with Gasteiger partial charge in [0.1, 0.15) is 0 Å². The van der Waals surface area contributed by atoms with E-state index in [0.717, 1.165) is 12.1 Å². The third kappa shape index (κ3) is 4.61. The molecule has 0 aliphatic rings. The van der Waals surface area contributed by atoms with Crippen molar-refractivity contribution in [1.29, 1.82) is 0 Å². The number of benzene rings is 2. The van der Waals surface area contributed by atoms with Crippen LogP contribution in [-0.2, 0) is 12.6 Å². The zero-order valence-corrected chi connectivity index (χ0v) is 15.9. The average molecular weight is 424 g/mol. The minimum atomic E-state index is -4.64. The number of halogens is 3. The van der Waals surface area contributed by atoms with Gasteiger partial charge in [-0.3, -0.25) is 9.78 Å². The molecule has 2 aromatic heterocycles. The number of hydrogen-bond acceptors (Lipinski definition) is 5. The molecule has 0 saturated heterocycles. The molecule has 0 fully saturated rings. The maximum atomic E-state index is 13.2. The van der Waals surface area contributed by atoms with Gasteiger partial charge >= 0.3 is 6.18 Å². The Morgan fingerprint density at radius 3 is 2.55 bits per heavy atom. The van der Waals surface area contributed by atoms with Gasteiger partial charge in [-0.25, -0.2) is 0 Å². The van der Waals surface area contributed by atoms with Gasteiger partial charge in [0.15, 0.2) is 0 Å². The summed E-state index contributed by atoms with van der Waals surface area (Å²) in [4.78, 5) is 20.9. The van der Waals surface area contributed by atoms with Gasteiger partial charge in [0.25, 0.3) is 5.91 Å². The first-order valence-electron chi connectivity index (χ1n) is 9.20. The molecule has 1 amide bonds. The number of nitrogens with zero attached hydrogens (tertiary/aromatic N) is 3. The fraction of sp³-hybridized carbons (Fsp3) is 0.0909. The molecule has 0 bridgehead atoms. The van der Waals surface area contributed by atoms with Crippen LogP contribution in [0, 0.1) is 0 Å². The van der Waals surface area contributed by atoms with Crippen LogP contribution in [0.3, 0.4) is 0 Å². The van der Waals surface area contributed by atoms with E-state index in [9.17, 15) is 18.0 Å². The summed E-state index contributed by atoms with van der Waals surface area (Å²) < 4.78 is 45.0. The number of hydrogen-bond donors (Lipinski definition) is 1. The van der Waals surface area contributed by atoms with Gasteiger partial charge in [-0.1, -0.05) is 35.5 Å². The topological polar surface area (TPSA) is 80.9 Å². The van der Waals surface area contributed by atoms with Gasteiger partial charge in [0.2, 0.25) is 11.7 Å². The van der Waals surface area contributed by atoms with Crippen LogP contribution in [0.15, 0.2) is 77.6 Å². The van der Waals surface area contributed by atoms with Crippen LogP contribution in [0.4, 0.5) is 18.9 Å². The fourth-order valence-corrected chi connectivity index (χ4v) is 3.02. The number of nitrogens with one attached hydrogen (secondary N) is 1. The average Bonchev–Trinajstić information content (AvgIpc) is 3.24. The van der Waals surface area contributed by atoms with E-state index in [-0.39, 0.29) is 12.3 Å². The predicted molar refractivity (Wildman–Crippen MR) is 106 cm³/mol. The first-order chi connectivity index (χ1) is 14.9. The molecule has 2 heterocycles. The number of alkyl halides is 3. The van der Waals surface area contributed by atoms with E-state index in [1.54, 1.807) is 48.8 Å². The highest BCUT2D eigenvalue weighted by Gasteiger charge is 2.34. The standard InChI is InChI=1S/C22H15F3N4O2/c23-22(24,25)17-9-3-2-8-16(17)21(30)27-18-10-4-1-6-14(18)12-19-28-20(29-31-19)15-7-5-11-26-13-15/h1-11,13H,12H2,(H,27,30). The summed E-state index contributed by atoms with van der Waals surface area (Å²) in [5.41, 5.74) is 0.194. The minimum absolute atomic E-state index is 0.185. The smallest absolute Gasteiger partial charge is 0.339 e. The van der Waals surface area contributed by atoms with Crippen molar-refractivity contribution in [3.8, 4) is 11.4 Å². The Kier molecular flexibility index (Phi) is 5.48. The second kappa shape index (κ2) is 8.39. The molecule has 0 aliphatic carbocycles. The highest BCUT2D eigenvalue weighted by atomic mass is 19.4. The van der Waals surface area contributed by atoms with Gasteiger partial charge in [-0.2, -0.15) is 18.2 Å². The van der Waals surface area contributed by atoms with Gasteiger partial charge in [-0.15, -0.1) is 0 Å². The van der Waals surface area contributed by atoms with E-state index in [2.05, 4.69) is 20.4 Å². The molecule has 1 N–H and O–H groups in total. The summed E-state index contributed by atoms with van der Waals surface area (Å²) in [6, 6.07) is 14.9. The number of rotatable bonds is 5. The maximum Gasteiger partial charge on any atom is 0.417 e. The Morgan fingerprint density at radius 2 is 1.77 bits per heavy atom. The Labute approximate surface area is 174 Å². The highest BCUT2D eigenvalue weighted by Crippen LogP contribution is 2.32. The Bertz CT molecular complexity index is 1210. The molecule has 0 atom stereocenters. The van der Waals surface area contributed by atoms with Gasteiger partial charge in [-0.05, 0) is 35.9 Å². The number of anilines is 1. The van der Waals surface area contributed by atoms with Gasteiger partial charge < -0.3 is 9.84 Å². The molecule has 31 heavy (non-hydrogen) atoms. The lowest BCUT2D eigenvalue weighted by atomic mass is 10.1. The number of pyridine rings is 1. The zero-order chi connectivity index (χ0) is 21.8. The van der Waals surface area contributed by atoms with E-state index in [4.69, 9.17) is 4.52 Å². The van der Waals surface area contributed by atoms with Crippen molar-refractivity contribution < 1.29 is 22.5 Å². The van der Waals surface area contributed by atoms with Crippen LogP contribution in [-0.4, -0.2) is 21.0 Å².